The van der Waals surface area contributed by atoms with Gasteiger partial charge in [-0.05, 0) is 43.7 Å². The summed E-state index contributed by atoms with van der Waals surface area (Å²) >= 11 is 0. The molecule has 0 saturated heterocycles. The molecular formula is C23H24F2N8O. The Kier molecular flexibility index (Phi) is 7.80. The number of nitrogens with two attached hydrogens (primary N) is 1. The number of halogens is 2. The molecule has 3 heterocycles. The number of imidazole rings is 1. The Balaban J connectivity index is 0.000000343. The van der Waals surface area contributed by atoms with E-state index in [1.165, 1.54) is 36.9 Å². The molecule has 0 amide bonds. The summed E-state index contributed by atoms with van der Waals surface area (Å²) < 4.78 is 25.8. The number of rotatable bonds is 5. The molecule has 1 aromatic carbocycles. The van der Waals surface area contributed by atoms with Gasteiger partial charge in [0.2, 0.25) is 0 Å². The number of nitrogens with one attached hydrogen (secondary N) is 3. The average Bonchev–Trinajstić information content (AvgIpc) is 3.33. The summed E-state index contributed by atoms with van der Waals surface area (Å²) in [5.74, 6) is 0.300. The number of aromatic nitrogens is 6. The van der Waals surface area contributed by atoms with Gasteiger partial charge in [0.15, 0.2) is 11.5 Å². The van der Waals surface area contributed by atoms with Gasteiger partial charge in [-0.1, -0.05) is 18.7 Å². The second kappa shape index (κ2) is 10.9. The van der Waals surface area contributed by atoms with Crippen LogP contribution in [0.5, 0.6) is 0 Å². The summed E-state index contributed by atoms with van der Waals surface area (Å²) in [7, 11) is 0. The first-order chi connectivity index (χ1) is 16.4. The van der Waals surface area contributed by atoms with E-state index in [4.69, 9.17) is 5.73 Å². The number of allylic oxidation sites excluding steroid dienone is 1. The lowest BCUT2D eigenvalue weighted by Gasteiger charge is -2.15. The Morgan fingerprint density at radius 2 is 2.00 bits per heavy atom. The van der Waals surface area contributed by atoms with Crippen LogP contribution in [0.1, 0.15) is 25.7 Å². The van der Waals surface area contributed by atoms with Crippen molar-refractivity contribution >= 4 is 34.3 Å². The van der Waals surface area contributed by atoms with Gasteiger partial charge in [-0.15, -0.1) is 0 Å². The molecule has 3 aromatic heterocycles. The van der Waals surface area contributed by atoms with E-state index < -0.39 is 12.7 Å². The zero-order valence-electron chi connectivity index (χ0n) is 18.6. The van der Waals surface area contributed by atoms with Crippen molar-refractivity contribution in [1.29, 1.82) is 0 Å². The van der Waals surface area contributed by atoms with E-state index in [-0.39, 0.29) is 17.2 Å². The van der Waals surface area contributed by atoms with Crippen LogP contribution in [0.4, 0.5) is 20.3 Å². The fraction of sp³-hybridized carbons (Fsp3) is 0.174. The van der Waals surface area contributed by atoms with E-state index in [1.807, 2.05) is 0 Å². The van der Waals surface area contributed by atoms with Crippen molar-refractivity contribution < 1.29 is 8.78 Å². The standard InChI is InChI=1S/C17H18FN7O.C6H6FN/c1-4-9(3)12-10(5-2)23-14(25-17(12)26)11(6-18)24-16-13-15(20-7-19-13)21-8-22-16;7-5-1-3-6(8)4-2-5/h4-5,7-8,11H,1,6H2,2-3H3,(H,23,25,26)(H2,19,20,21,22,24);1-4H,8H2/b10-5+,12-9+;. The highest BCUT2D eigenvalue weighted by Crippen LogP contribution is 2.20. The van der Waals surface area contributed by atoms with E-state index in [9.17, 15) is 13.6 Å². The van der Waals surface area contributed by atoms with Gasteiger partial charge >= 0.3 is 0 Å². The highest BCUT2D eigenvalue weighted by atomic mass is 19.1. The molecule has 1 unspecified atom stereocenters. The third-order valence-electron chi connectivity index (χ3n) is 4.83. The number of hydrogen-bond acceptors (Lipinski definition) is 7. The van der Waals surface area contributed by atoms with Gasteiger partial charge < -0.3 is 21.0 Å². The van der Waals surface area contributed by atoms with E-state index >= 15 is 0 Å². The number of alkyl halides is 1. The minimum atomic E-state index is -0.888. The van der Waals surface area contributed by atoms with Crippen molar-refractivity contribution in [3.63, 3.8) is 0 Å². The number of anilines is 2. The topological polar surface area (TPSA) is 138 Å². The molecule has 0 aliphatic heterocycles. The molecule has 0 spiro atoms. The molecule has 0 aliphatic rings. The van der Waals surface area contributed by atoms with Gasteiger partial charge in [-0.3, -0.25) is 4.79 Å². The van der Waals surface area contributed by atoms with Crippen molar-refractivity contribution in [3.05, 3.63) is 82.1 Å². The Hall–Kier alpha value is -4.41. The summed E-state index contributed by atoms with van der Waals surface area (Å²) in [6.07, 6.45) is 6.09. The lowest BCUT2D eigenvalue weighted by atomic mass is 10.2. The van der Waals surface area contributed by atoms with Gasteiger partial charge in [-0.25, -0.2) is 28.7 Å². The number of H-pyrrole nitrogens is 2. The molecule has 0 bridgehead atoms. The molecule has 0 saturated carbocycles. The highest BCUT2D eigenvalue weighted by molar-refractivity contribution is 5.82. The van der Waals surface area contributed by atoms with Crippen LogP contribution in [0.2, 0.25) is 0 Å². The predicted octanol–water partition coefficient (Wildman–Crippen LogP) is 2.12. The fourth-order valence-corrected chi connectivity index (χ4v) is 3.05. The maximum atomic E-state index is 13.7. The van der Waals surface area contributed by atoms with Gasteiger partial charge in [0.05, 0.1) is 16.9 Å². The first-order valence-electron chi connectivity index (χ1n) is 10.3. The van der Waals surface area contributed by atoms with Crippen LogP contribution >= 0.6 is 0 Å². The number of hydrogen-bond donors (Lipinski definition) is 4. The van der Waals surface area contributed by atoms with Gasteiger partial charge in [0.1, 0.15) is 36.2 Å². The van der Waals surface area contributed by atoms with Crippen LogP contribution in [-0.4, -0.2) is 36.6 Å². The Labute approximate surface area is 193 Å². The second-order valence-corrected chi connectivity index (χ2v) is 7.11. The molecule has 5 N–H and O–H groups in total. The lowest BCUT2D eigenvalue weighted by Crippen LogP contribution is -2.46. The van der Waals surface area contributed by atoms with Crippen molar-refractivity contribution in [2.75, 3.05) is 17.7 Å². The Bertz CT molecular complexity index is 1440. The maximum Gasteiger partial charge on any atom is 0.259 e. The summed E-state index contributed by atoms with van der Waals surface area (Å²) in [5, 5.41) is 3.83. The highest BCUT2D eigenvalue weighted by Gasteiger charge is 2.18. The molecule has 1 atom stereocenters. The van der Waals surface area contributed by atoms with E-state index in [2.05, 4.69) is 41.8 Å². The van der Waals surface area contributed by atoms with Gasteiger partial charge in [0.25, 0.3) is 5.56 Å². The molecule has 0 aliphatic carbocycles. The predicted molar refractivity (Wildman–Crippen MR) is 128 cm³/mol. The fourth-order valence-electron chi connectivity index (χ4n) is 3.05. The van der Waals surface area contributed by atoms with E-state index in [0.717, 1.165) is 0 Å². The molecule has 0 fully saturated rings. The van der Waals surface area contributed by atoms with Gasteiger partial charge in [-0.2, -0.15) is 0 Å². The SMILES string of the molecule is C=C/C(C)=c1/c(=O)[nH]c(C(CF)Nc2ncnc3nc[nH]c23)n/c1=C/C.Nc1ccc(F)cc1. The number of nitrogens with zero attached hydrogens (tertiary/aromatic N) is 4. The molecule has 11 heteroatoms. The van der Waals surface area contributed by atoms with Crippen molar-refractivity contribution in [1.82, 2.24) is 29.9 Å². The van der Waals surface area contributed by atoms with Crippen LogP contribution in [0.3, 0.4) is 0 Å². The van der Waals surface area contributed by atoms with E-state index in [1.54, 1.807) is 26.0 Å². The van der Waals surface area contributed by atoms with Crippen LogP contribution in [0.25, 0.3) is 22.8 Å². The second-order valence-electron chi connectivity index (χ2n) is 7.11. The van der Waals surface area contributed by atoms with Crippen molar-refractivity contribution in [3.8, 4) is 0 Å². The molecule has 34 heavy (non-hydrogen) atoms. The molecule has 176 valence electrons. The molecule has 4 aromatic rings. The number of nitrogen functional groups attached to an aromatic ring is 1. The third kappa shape index (κ3) is 5.49. The quantitative estimate of drug-likeness (QED) is 0.331. The van der Waals surface area contributed by atoms with Crippen LogP contribution in [-0.2, 0) is 0 Å². The number of benzene rings is 1. The summed E-state index contributed by atoms with van der Waals surface area (Å²) in [4.78, 5) is 34.6. The monoisotopic (exact) mass is 466 g/mol. The molecular weight excluding hydrogens is 442 g/mol. The van der Waals surface area contributed by atoms with Crippen LogP contribution < -0.4 is 27.2 Å². The number of fused-ring (bicyclic) bond motifs is 1. The Morgan fingerprint density at radius 3 is 2.62 bits per heavy atom. The smallest absolute Gasteiger partial charge is 0.259 e. The largest absolute Gasteiger partial charge is 0.399 e. The Morgan fingerprint density at radius 1 is 1.26 bits per heavy atom. The average molecular weight is 466 g/mol. The molecule has 9 nitrogen and oxygen atoms in total. The summed E-state index contributed by atoms with van der Waals surface area (Å²) in [6.45, 7) is 6.42. The lowest BCUT2D eigenvalue weighted by molar-refractivity contribution is 0.440. The third-order valence-corrected chi connectivity index (χ3v) is 4.83. The zero-order chi connectivity index (χ0) is 24.7. The first kappa shape index (κ1) is 24.2. The van der Waals surface area contributed by atoms with Crippen molar-refractivity contribution in [2.24, 2.45) is 0 Å². The normalized spacial score (nSPS) is 13.1. The van der Waals surface area contributed by atoms with Crippen LogP contribution in [0, 0.1) is 5.82 Å². The molecule has 0 radical (unpaired) electrons. The molecule has 4 rings (SSSR count). The minimum absolute atomic E-state index is 0.178. The first-order valence-corrected chi connectivity index (χ1v) is 10.3. The number of aromatic amines is 2. The maximum absolute atomic E-state index is 13.7. The summed E-state index contributed by atoms with van der Waals surface area (Å²) in [6, 6.07) is 4.82. The van der Waals surface area contributed by atoms with Gasteiger partial charge in [0, 0.05) is 5.69 Å². The van der Waals surface area contributed by atoms with E-state index in [0.29, 0.717) is 38.8 Å². The van der Waals surface area contributed by atoms with Crippen molar-refractivity contribution in [2.45, 2.75) is 19.9 Å². The minimum Gasteiger partial charge on any atom is -0.399 e. The summed E-state index contributed by atoms with van der Waals surface area (Å²) in [5.41, 5.74) is 7.19. The van der Waals surface area contributed by atoms with Crippen LogP contribution in [0.15, 0.2) is 54.4 Å². The zero-order valence-corrected chi connectivity index (χ0v) is 18.6.